The number of hydrogen-bond acceptors (Lipinski definition) is 4. The summed E-state index contributed by atoms with van der Waals surface area (Å²) in [5.41, 5.74) is 0.804. The maximum Gasteiger partial charge on any atom is 0.412 e. The minimum absolute atomic E-state index is 0.0106. The number of ether oxygens (including phenoxy) is 1. The number of halogens is 3. The summed E-state index contributed by atoms with van der Waals surface area (Å²) in [6.07, 6.45) is -0.663. The van der Waals surface area contributed by atoms with Gasteiger partial charge in [0.2, 0.25) is 0 Å². The molecule has 1 heterocycles. The van der Waals surface area contributed by atoms with Crippen LogP contribution in [0, 0.1) is 11.6 Å². The Balaban J connectivity index is 1.57. The molecule has 0 N–H and O–H groups in total. The van der Waals surface area contributed by atoms with Crippen molar-refractivity contribution in [2.45, 2.75) is 6.61 Å². The molecule has 0 saturated carbocycles. The first kappa shape index (κ1) is 22.5. The molecule has 0 spiro atoms. The summed E-state index contributed by atoms with van der Waals surface area (Å²) < 4.78 is 33.9. The third-order valence-electron chi connectivity index (χ3n) is 5.14. The second-order valence-electron chi connectivity index (χ2n) is 7.46. The van der Waals surface area contributed by atoms with E-state index in [-0.39, 0.29) is 26.6 Å². The highest BCUT2D eigenvalue weighted by molar-refractivity contribution is 6.30. The fraction of sp³-hybridized carbons (Fsp3) is 0.167. The van der Waals surface area contributed by atoms with Crippen molar-refractivity contribution in [2.24, 2.45) is 0 Å². The van der Waals surface area contributed by atoms with Gasteiger partial charge in [0.05, 0.1) is 13.3 Å². The molecule has 6 nitrogen and oxygen atoms in total. The molecule has 9 heteroatoms. The highest BCUT2D eigenvalue weighted by Crippen LogP contribution is 2.24. The highest BCUT2D eigenvalue weighted by Gasteiger charge is 2.33. The highest BCUT2D eigenvalue weighted by atomic mass is 35.5. The summed E-state index contributed by atoms with van der Waals surface area (Å²) in [4.78, 5) is 30.0. The van der Waals surface area contributed by atoms with Crippen molar-refractivity contribution in [3.8, 4) is 0 Å². The van der Waals surface area contributed by atoms with Crippen LogP contribution in [0.1, 0.15) is 15.9 Å². The molecule has 4 rings (SSSR count). The van der Waals surface area contributed by atoms with Gasteiger partial charge < -0.3 is 14.5 Å². The summed E-state index contributed by atoms with van der Waals surface area (Å²) in [5, 5.41) is 0.524. The van der Waals surface area contributed by atoms with E-state index in [1.54, 1.807) is 29.2 Å². The van der Waals surface area contributed by atoms with Crippen LogP contribution in [-0.2, 0) is 11.3 Å². The van der Waals surface area contributed by atoms with E-state index in [4.69, 9.17) is 16.3 Å². The van der Waals surface area contributed by atoms with Crippen LogP contribution in [0.4, 0.5) is 19.3 Å². The number of rotatable bonds is 4. The molecule has 0 radical (unpaired) electrons. The quantitative estimate of drug-likeness (QED) is 0.531. The second-order valence-corrected chi connectivity index (χ2v) is 7.90. The van der Waals surface area contributed by atoms with Crippen molar-refractivity contribution < 1.29 is 23.1 Å². The number of hydrogen-bond donors (Lipinski definition) is 0. The van der Waals surface area contributed by atoms with E-state index < -0.39 is 29.2 Å². The van der Waals surface area contributed by atoms with Gasteiger partial charge in [-0.25, -0.2) is 13.6 Å². The van der Waals surface area contributed by atoms with Crippen LogP contribution in [-0.4, -0.2) is 41.8 Å². The third-order valence-corrected chi connectivity index (χ3v) is 5.40. The van der Waals surface area contributed by atoms with Crippen LogP contribution in [0.5, 0.6) is 0 Å². The molecule has 1 saturated heterocycles. The number of amides is 2. The molecule has 1 fully saturated rings. The van der Waals surface area contributed by atoms with Crippen molar-refractivity contribution in [1.82, 2.24) is 9.80 Å². The van der Waals surface area contributed by atoms with Crippen molar-refractivity contribution >= 4 is 29.3 Å². The topological polar surface area (TPSA) is 53.1 Å². The average Bonchev–Trinajstić information content (AvgIpc) is 2.83. The molecule has 3 aromatic carbocycles. The second kappa shape index (κ2) is 9.87. The van der Waals surface area contributed by atoms with E-state index in [2.05, 4.69) is 0 Å². The number of carbonyl (C=O) groups is 2. The van der Waals surface area contributed by atoms with Crippen molar-refractivity contribution in [3.05, 3.63) is 101 Å². The Hall–Kier alpha value is -3.65. The lowest BCUT2D eigenvalue weighted by Crippen LogP contribution is -2.58. The SMILES string of the molecule is O=C(OCc1ccccc1)N1CN(C(=O)c2c(F)cccc2F)CN(c2ccc(Cl)cc2)C1. The Bertz CT molecular complexity index is 1130. The van der Waals surface area contributed by atoms with Gasteiger partial charge in [-0.2, -0.15) is 0 Å². The largest absolute Gasteiger partial charge is 0.444 e. The van der Waals surface area contributed by atoms with Crippen LogP contribution in [0.3, 0.4) is 0 Å². The first-order chi connectivity index (χ1) is 15.9. The minimum atomic E-state index is -0.971. The molecule has 0 unspecified atom stereocenters. The molecule has 170 valence electrons. The maximum atomic E-state index is 14.3. The first-order valence-electron chi connectivity index (χ1n) is 10.1. The molecule has 0 bridgehead atoms. The summed E-state index contributed by atoms with van der Waals surface area (Å²) in [7, 11) is 0. The standard InChI is InChI=1S/C24H20ClF2N3O3/c25-18-9-11-19(12-10-18)28-14-29(23(31)22-20(26)7-4-8-21(22)27)16-30(15-28)24(32)33-13-17-5-2-1-3-6-17/h1-12H,13-16H2. The number of anilines is 1. The van der Waals surface area contributed by atoms with E-state index in [1.165, 1.54) is 15.9 Å². The molecular weight excluding hydrogens is 452 g/mol. The first-order valence-corrected chi connectivity index (χ1v) is 10.5. The molecule has 33 heavy (non-hydrogen) atoms. The van der Waals surface area contributed by atoms with Crippen molar-refractivity contribution in [3.63, 3.8) is 0 Å². The number of nitrogens with zero attached hydrogens (tertiary/aromatic N) is 3. The van der Waals surface area contributed by atoms with Crippen molar-refractivity contribution in [1.29, 1.82) is 0 Å². The molecule has 1 aliphatic heterocycles. The van der Waals surface area contributed by atoms with Gasteiger partial charge >= 0.3 is 6.09 Å². The maximum absolute atomic E-state index is 14.3. The predicted molar refractivity (Wildman–Crippen MR) is 120 cm³/mol. The van der Waals surface area contributed by atoms with Gasteiger partial charge in [0, 0.05) is 10.7 Å². The Morgan fingerprint density at radius 3 is 2.12 bits per heavy atom. The van der Waals surface area contributed by atoms with Gasteiger partial charge in [-0.15, -0.1) is 0 Å². The molecule has 0 aliphatic carbocycles. The van der Waals surface area contributed by atoms with E-state index in [0.29, 0.717) is 10.7 Å². The molecule has 2 amide bonds. The van der Waals surface area contributed by atoms with Gasteiger partial charge in [-0.1, -0.05) is 48.0 Å². The Kier molecular flexibility index (Phi) is 6.74. The smallest absolute Gasteiger partial charge is 0.412 e. The van der Waals surface area contributed by atoms with Crippen LogP contribution >= 0.6 is 11.6 Å². The lowest BCUT2D eigenvalue weighted by atomic mass is 10.1. The van der Waals surface area contributed by atoms with E-state index in [0.717, 1.165) is 17.7 Å². The van der Waals surface area contributed by atoms with Crippen molar-refractivity contribution in [2.75, 3.05) is 24.9 Å². The normalized spacial score (nSPS) is 13.7. The van der Waals surface area contributed by atoms with Gasteiger partial charge in [0.1, 0.15) is 30.5 Å². The van der Waals surface area contributed by atoms with Crippen LogP contribution < -0.4 is 4.90 Å². The molecule has 0 aromatic heterocycles. The van der Waals surface area contributed by atoms with Gasteiger partial charge in [-0.05, 0) is 42.0 Å². The van der Waals surface area contributed by atoms with Gasteiger partial charge in [0.25, 0.3) is 5.91 Å². The van der Waals surface area contributed by atoms with Gasteiger partial charge in [0.15, 0.2) is 0 Å². The number of carbonyl (C=O) groups excluding carboxylic acids is 2. The Morgan fingerprint density at radius 2 is 1.45 bits per heavy atom. The zero-order valence-corrected chi connectivity index (χ0v) is 18.2. The Morgan fingerprint density at radius 1 is 0.818 bits per heavy atom. The van der Waals surface area contributed by atoms with Crippen LogP contribution in [0.15, 0.2) is 72.8 Å². The lowest BCUT2D eigenvalue weighted by molar-refractivity contribution is 0.0396. The summed E-state index contributed by atoms with van der Waals surface area (Å²) in [6.45, 7) is -0.0210. The van der Waals surface area contributed by atoms with Crippen LogP contribution in [0.25, 0.3) is 0 Å². The summed E-state index contributed by atoms with van der Waals surface area (Å²) in [6, 6.07) is 19.2. The van der Waals surface area contributed by atoms with E-state index >= 15 is 0 Å². The molecule has 3 aromatic rings. The fourth-order valence-electron chi connectivity index (χ4n) is 3.48. The predicted octanol–water partition coefficient (Wildman–Crippen LogP) is 5.09. The zero-order chi connectivity index (χ0) is 23.4. The molecule has 0 atom stereocenters. The van der Waals surface area contributed by atoms with E-state index in [1.807, 2.05) is 30.3 Å². The lowest BCUT2D eigenvalue weighted by Gasteiger charge is -2.42. The van der Waals surface area contributed by atoms with Gasteiger partial charge in [-0.3, -0.25) is 9.69 Å². The fourth-order valence-corrected chi connectivity index (χ4v) is 3.61. The molecular formula is C24H20ClF2N3O3. The minimum Gasteiger partial charge on any atom is -0.444 e. The summed E-state index contributed by atoms with van der Waals surface area (Å²) in [5.74, 6) is -2.81. The monoisotopic (exact) mass is 471 g/mol. The number of benzene rings is 3. The average molecular weight is 472 g/mol. The third kappa shape index (κ3) is 5.23. The van der Waals surface area contributed by atoms with E-state index in [9.17, 15) is 18.4 Å². The zero-order valence-electron chi connectivity index (χ0n) is 17.5. The summed E-state index contributed by atoms with van der Waals surface area (Å²) >= 11 is 5.97. The Labute approximate surface area is 194 Å². The van der Waals surface area contributed by atoms with Crippen LogP contribution in [0.2, 0.25) is 5.02 Å². The molecule has 1 aliphatic rings.